The molecule has 1 unspecified atom stereocenters. The maximum absolute atomic E-state index is 4.13. The van der Waals surface area contributed by atoms with Crippen molar-refractivity contribution in [1.29, 1.82) is 0 Å². The molecular formula is C11H21N3. The van der Waals surface area contributed by atoms with Gasteiger partial charge in [0.05, 0.1) is 6.20 Å². The molecule has 0 radical (unpaired) electrons. The number of rotatable bonds is 6. The van der Waals surface area contributed by atoms with Crippen molar-refractivity contribution in [2.24, 2.45) is 13.0 Å². The van der Waals surface area contributed by atoms with Crippen LogP contribution in [0.25, 0.3) is 0 Å². The van der Waals surface area contributed by atoms with Crippen LogP contribution in [0, 0.1) is 5.92 Å². The van der Waals surface area contributed by atoms with Gasteiger partial charge in [0.25, 0.3) is 0 Å². The van der Waals surface area contributed by atoms with Gasteiger partial charge in [0.15, 0.2) is 0 Å². The Morgan fingerprint density at radius 2 is 2.36 bits per heavy atom. The summed E-state index contributed by atoms with van der Waals surface area (Å²) in [5, 5.41) is 7.57. The summed E-state index contributed by atoms with van der Waals surface area (Å²) in [5.74, 6) is 0.775. The second-order valence-electron chi connectivity index (χ2n) is 4.05. The van der Waals surface area contributed by atoms with Crippen LogP contribution < -0.4 is 5.32 Å². The van der Waals surface area contributed by atoms with Gasteiger partial charge in [0.1, 0.15) is 0 Å². The van der Waals surface area contributed by atoms with E-state index in [1.54, 1.807) is 0 Å². The van der Waals surface area contributed by atoms with E-state index in [1.807, 2.05) is 17.9 Å². The Kier molecular flexibility index (Phi) is 4.66. The zero-order valence-electron chi connectivity index (χ0n) is 9.45. The fourth-order valence-corrected chi connectivity index (χ4v) is 1.62. The van der Waals surface area contributed by atoms with Gasteiger partial charge < -0.3 is 5.32 Å². The molecule has 1 rings (SSSR count). The van der Waals surface area contributed by atoms with Crippen molar-refractivity contribution in [2.75, 3.05) is 6.54 Å². The molecule has 0 saturated carbocycles. The summed E-state index contributed by atoms with van der Waals surface area (Å²) in [7, 11) is 1.95. The van der Waals surface area contributed by atoms with Crippen molar-refractivity contribution in [2.45, 2.75) is 33.2 Å². The molecule has 3 nitrogen and oxygen atoms in total. The first-order valence-electron chi connectivity index (χ1n) is 5.40. The minimum atomic E-state index is 0.775. The van der Waals surface area contributed by atoms with E-state index in [0.717, 1.165) is 19.0 Å². The summed E-state index contributed by atoms with van der Waals surface area (Å²) in [6.45, 7) is 6.56. The molecule has 0 saturated heterocycles. The Hall–Kier alpha value is -0.830. The summed E-state index contributed by atoms with van der Waals surface area (Å²) in [4.78, 5) is 0. The van der Waals surface area contributed by atoms with Gasteiger partial charge in [-0.2, -0.15) is 5.10 Å². The van der Waals surface area contributed by atoms with Crippen LogP contribution in [-0.4, -0.2) is 16.3 Å². The number of hydrogen-bond acceptors (Lipinski definition) is 2. The van der Waals surface area contributed by atoms with Gasteiger partial charge in [-0.15, -0.1) is 0 Å². The van der Waals surface area contributed by atoms with Crippen molar-refractivity contribution >= 4 is 0 Å². The number of aromatic nitrogens is 2. The quantitative estimate of drug-likeness (QED) is 0.752. The van der Waals surface area contributed by atoms with Crippen LogP contribution in [0.1, 0.15) is 32.3 Å². The second-order valence-corrected chi connectivity index (χ2v) is 4.05. The van der Waals surface area contributed by atoms with Crippen molar-refractivity contribution in [1.82, 2.24) is 15.1 Å². The fraction of sp³-hybridized carbons (Fsp3) is 0.727. The molecule has 14 heavy (non-hydrogen) atoms. The predicted octanol–water partition coefficient (Wildman–Crippen LogP) is 1.95. The predicted molar refractivity (Wildman–Crippen MR) is 59.0 cm³/mol. The molecule has 1 N–H and O–H groups in total. The van der Waals surface area contributed by atoms with Gasteiger partial charge in [-0.3, -0.25) is 4.68 Å². The average Bonchev–Trinajstić information content (AvgIpc) is 2.52. The Morgan fingerprint density at radius 3 is 2.93 bits per heavy atom. The lowest BCUT2D eigenvalue weighted by Gasteiger charge is -2.10. The summed E-state index contributed by atoms with van der Waals surface area (Å²) < 4.78 is 1.84. The summed E-state index contributed by atoms with van der Waals surface area (Å²) in [6.07, 6.45) is 6.55. The van der Waals surface area contributed by atoms with E-state index in [4.69, 9.17) is 0 Å². The minimum absolute atomic E-state index is 0.775. The lowest BCUT2D eigenvalue weighted by atomic mass is 10.1. The zero-order chi connectivity index (χ0) is 10.4. The molecule has 0 spiro atoms. The molecule has 0 amide bonds. The van der Waals surface area contributed by atoms with Crippen molar-refractivity contribution in [3.05, 3.63) is 18.0 Å². The fourth-order valence-electron chi connectivity index (χ4n) is 1.62. The molecule has 1 aromatic rings. The molecule has 0 aromatic carbocycles. The Balaban J connectivity index is 2.15. The average molecular weight is 195 g/mol. The molecule has 0 aliphatic heterocycles. The van der Waals surface area contributed by atoms with Crippen LogP contribution in [0.15, 0.2) is 12.4 Å². The highest BCUT2D eigenvalue weighted by molar-refractivity contribution is 5.02. The van der Waals surface area contributed by atoms with Crippen LogP contribution in [0.5, 0.6) is 0 Å². The lowest BCUT2D eigenvalue weighted by Crippen LogP contribution is -2.20. The number of aryl methyl sites for hydroxylation is 1. The van der Waals surface area contributed by atoms with Crippen molar-refractivity contribution < 1.29 is 0 Å². The molecule has 0 aliphatic rings. The third-order valence-electron chi connectivity index (χ3n) is 2.36. The smallest absolute Gasteiger partial charge is 0.0534 e. The Morgan fingerprint density at radius 1 is 1.57 bits per heavy atom. The number of nitrogens with zero attached hydrogens (tertiary/aromatic N) is 2. The largest absolute Gasteiger partial charge is 0.312 e. The molecular weight excluding hydrogens is 174 g/mol. The zero-order valence-corrected chi connectivity index (χ0v) is 9.45. The van der Waals surface area contributed by atoms with Crippen LogP contribution in [-0.2, 0) is 13.6 Å². The number of hydrogen-bond donors (Lipinski definition) is 1. The molecule has 1 atom stereocenters. The van der Waals surface area contributed by atoms with Gasteiger partial charge in [-0.05, 0) is 18.9 Å². The van der Waals surface area contributed by atoms with E-state index in [-0.39, 0.29) is 0 Å². The van der Waals surface area contributed by atoms with Crippen molar-refractivity contribution in [3.63, 3.8) is 0 Å². The Labute approximate surface area is 86.5 Å². The highest BCUT2D eigenvalue weighted by Crippen LogP contribution is 2.03. The molecule has 3 heteroatoms. The highest BCUT2D eigenvalue weighted by atomic mass is 15.2. The number of nitrogens with one attached hydrogen (secondary N) is 1. The maximum Gasteiger partial charge on any atom is 0.0534 e. The lowest BCUT2D eigenvalue weighted by molar-refractivity contribution is 0.476. The first kappa shape index (κ1) is 11.2. The maximum atomic E-state index is 4.13. The van der Waals surface area contributed by atoms with Gasteiger partial charge >= 0.3 is 0 Å². The molecule has 1 aromatic heterocycles. The van der Waals surface area contributed by atoms with E-state index in [1.165, 1.54) is 18.4 Å². The van der Waals surface area contributed by atoms with Gasteiger partial charge in [0, 0.05) is 25.4 Å². The van der Waals surface area contributed by atoms with E-state index < -0.39 is 0 Å². The van der Waals surface area contributed by atoms with Crippen LogP contribution in [0.4, 0.5) is 0 Å². The van der Waals surface area contributed by atoms with Crippen LogP contribution in [0.3, 0.4) is 0 Å². The standard InChI is InChI=1S/C11H21N3/c1-4-5-10(2)6-12-7-11-8-13-14(3)9-11/h8-10,12H,4-7H2,1-3H3. The third-order valence-corrected chi connectivity index (χ3v) is 2.36. The molecule has 0 fully saturated rings. The SMILES string of the molecule is CCCC(C)CNCc1cnn(C)c1. The van der Waals surface area contributed by atoms with E-state index in [9.17, 15) is 0 Å². The molecule has 80 valence electrons. The topological polar surface area (TPSA) is 29.9 Å². The second kappa shape index (κ2) is 5.81. The summed E-state index contributed by atoms with van der Waals surface area (Å²) >= 11 is 0. The highest BCUT2D eigenvalue weighted by Gasteiger charge is 2.00. The monoisotopic (exact) mass is 195 g/mol. The minimum Gasteiger partial charge on any atom is -0.312 e. The molecule has 0 bridgehead atoms. The summed E-state index contributed by atoms with van der Waals surface area (Å²) in [6, 6.07) is 0. The molecule has 0 aliphatic carbocycles. The van der Waals surface area contributed by atoms with Crippen LogP contribution >= 0.6 is 0 Å². The first-order chi connectivity index (χ1) is 6.72. The van der Waals surface area contributed by atoms with Crippen molar-refractivity contribution in [3.8, 4) is 0 Å². The van der Waals surface area contributed by atoms with Gasteiger partial charge in [0.2, 0.25) is 0 Å². The third kappa shape index (κ3) is 3.92. The van der Waals surface area contributed by atoms with Gasteiger partial charge in [-0.1, -0.05) is 20.3 Å². The summed E-state index contributed by atoms with van der Waals surface area (Å²) in [5.41, 5.74) is 1.26. The molecule has 1 heterocycles. The normalized spacial score (nSPS) is 13.1. The van der Waals surface area contributed by atoms with E-state index in [2.05, 4.69) is 30.5 Å². The van der Waals surface area contributed by atoms with E-state index >= 15 is 0 Å². The van der Waals surface area contributed by atoms with Crippen LogP contribution in [0.2, 0.25) is 0 Å². The Bertz CT molecular complexity index is 255. The van der Waals surface area contributed by atoms with E-state index in [0.29, 0.717) is 0 Å². The first-order valence-corrected chi connectivity index (χ1v) is 5.40. The van der Waals surface area contributed by atoms with Gasteiger partial charge in [-0.25, -0.2) is 0 Å².